The van der Waals surface area contributed by atoms with Crippen molar-refractivity contribution in [1.82, 2.24) is 10.2 Å². The van der Waals surface area contributed by atoms with E-state index in [9.17, 15) is 0 Å². The van der Waals surface area contributed by atoms with Crippen LogP contribution in [0.3, 0.4) is 0 Å². The first-order valence-electron chi connectivity index (χ1n) is 8.24. The number of ether oxygens (including phenoxy) is 1. The number of nitrogens with zero attached hydrogens (tertiary/aromatic N) is 1. The van der Waals surface area contributed by atoms with Gasteiger partial charge in [-0.25, -0.2) is 0 Å². The Bertz CT molecular complexity index is 381. The van der Waals surface area contributed by atoms with Gasteiger partial charge >= 0.3 is 0 Å². The molecule has 1 unspecified atom stereocenters. The normalized spacial score (nSPS) is 12.6. The van der Waals surface area contributed by atoms with Gasteiger partial charge in [0, 0.05) is 12.6 Å². The maximum Gasteiger partial charge on any atom is 0.119 e. The minimum absolute atomic E-state index is 0.676. The Morgan fingerprint density at radius 2 is 2.10 bits per heavy atom. The lowest BCUT2D eigenvalue weighted by atomic mass is 10.1. The van der Waals surface area contributed by atoms with Gasteiger partial charge in [0.05, 0.1) is 7.11 Å². The molecule has 1 N–H and O–H groups in total. The Labute approximate surface area is 130 Å². The summed E-state index contributed by atoms with van der Waals surface area (Å²) < 4.78 is 5.27. The van der Waals surface area contributed by atoms with Gasteiger partial charge in [0.2, 0.25) is 0 Å². The molecule has 0 saturated heterocycles. The van der Waals surface area contributed by atoms with Crippen LogP contribution in [0.25, 0.3) is 0 Å². The van der Waals surface area contributed by atoms with Crippen molar-refractivity contribution in [3.8, 4) is 5.75 Å². The third-order valence-corrected chi connectivity index (χ3v) is 3.85. The molecule has 21 heavy (non-hydrogen) atoms. The highest BCUT2D eigenvalue weighted by molar-refractivity contribution is 5.28. The Kier molecular flexibility index (Phi) is 9.11. The second-order valence-corrected chi connectivity index (χ2v) is 5.79. The molecule has 1 rings (SSSR count). The SMILES string of the molecule is CCCNC(CC)CCCN(C)Cc1cccc(OC)c1. The second kappa shape index (κ2) is 10.6. The summed E-state index contributed by atoms with van der Waals surface area (Å²) in [5.41, 5.74) is 1.31. The highest BCUT2D eigenvalue weighted by atomic mass is 16.5. The van der Waals surface area contributed by atoms with E-state index in [0.29, 0.717) is 6.04 Å². The van der Waals surface area contributed by atoms with Crippen LogP contribution < -0.4 is 10.1 Å². The van der Waals surface area contributed by atoms with Gasteiger partial charge in [0.25, 0.3) is 0 Å². The summed E-state index contributed by atoms with van der Waals surface area (Å²) in [5, 5.41) is 3.62. The zero-order chi connectivity index (χ0) is 15.5. The van der Waals surface area contributed by atoms with E-state index >= 15 is 0 Å². The van der Waals surface area contributed by atoms with E-state index in [0.717, 1.165) is 25.4 Å². The molecule has 3 heteroatoms. The van der Waals surface area contributed by atoms with Crippen LogP contribution in [0.2, 0.25) is 0 Å². The fourth-order valence-electron chi connectivity index (χ4n) is 2.57. The molecule has 1 aromatic rings. The average Bonchev–Trinajstić information content (AvgIpc) is 2.50. The highest BCUT2D eigenvalue weighted by Gasteiger charge is 2.06. The van der Waals surface area contributed by atoms with E-state index in [4.69, 9.17) is 4.74 Å². The van der Waals surface area contributed by atoms with Gasteiger partial charge in [-0.3, -0.25) is 0 Å². The molecule has 1 aromatic carbocycles. The minimum atomic E-state index is 0.676. The minimum Gasteiger partial charge on any atom is -0.497 e. The van der Waals surface area contributed by atoms with Gasteiger partial charge in [-0.2, -0.15) is 0 Å². The molecule has 1 atom stereocenters. The van der Waals surface area contributed by atoms with Crippen molar-refractivity contribution in [2.75, 3.05) is 27.2 Å². The molecule has 0 radical (unpaired) electrons. The number of hydrogen-bond acceptors (Lipinski definition) is 3. The van der Waals surface area contributed by atoms with Crippen LogP contribution in [-0.2, 0) is 6.54 Å². The summed E-state index contributed by atoms with van der Waals surface area (Å²) >= 11 is 0. The molecule has 0 heterocycles. The standard InChI is InChI=1S/C18H32N2O/c1-5-12-19-17(6-2)10-8-13-20(3)15-16-9-7-11-18(14-16)21-4/h7,9,11,14,17,19H,5-6,8,10,12-13,15H2,1-4H3. The first-order chi connectivity index (χ1) is 10.2. The van der Waals surface area contributed by atoms with Gasteiger partial charge < -0.3 is 15.0 Å². The fraction of sp³-hybridized carbons (Fsp3) is 0.667. The number of methoxy groups -OCH3 is 1. The van der Waals surface area contributed by atoms with E-state index in [-0.39, 0.29) is 0 Å². The first kappa shape index (κ1) is 18.0. The molecule has 120 valence electrons. The average molecular weight is 292 g/mol. The summed E-state index contributed by atoms with van der Waals surface area (Å²) in [4.78, 5) is 2.39. The number of benzene rings is 1. The Balaban J connectivity index is 2.28. The molecule has 0 saturated carbocycles. The van der Waals surface area contributed by atoms with E-state index in [1.165, 1.54) is 31.2 Å². The second-order valence-electron chi connectivity index (χ2n) is 5.79. The lowest BCUT2D eigenvalue weighted by molar-refractivity contribution is 0.306. The van der Waals surface area contributed by atoms with E-state index in [2.05, 4.69) is 49.3 Å². The molecule has 0 bridgehead atoms. The van der Waals surface area contributed by atoms with Gasteiger partial charge in [-0.05, 0) is 63.5 Å². The van der Waals surface area contributed by atoms with Crippen molar-refractivity contribution in [1.29, 1.82) is 0 Å². The van der Waals surface area contributed by atoms with Crippen LogP contribution in [-0.4, -0.2) is 38.2 Å². The van der Waals surface area contributed by atoms with Crippen LogP contribution >= 0.6 is 0 Å². The molecule has 0 aliphatic heterocycles. The van der Waals surface area contributed by atoms with E-state index < -0.39 is 0 Å². The molecule has 0 fully saturated rings. The first-order valence-corrected chi connectivity index (χ1v) is 8.24. The zero-order valence-corrected chi connectivity index (χ0v) is 14.2. The summed E-state index contributed by atoms with van der Waals surface area (Å²) in [7, 11) is 3.91. The topological polar surface area (TPSA) is 24.5 Å². The van der Waals surface area contributed by atoms with Crippen LogP contribution in [0.15, 0.2) is 24.3 Å². The maximum absolute atomic E-state index is 5.27. The van der Waals surface area contributed by atoms with Gasteiger partial charge in [0.15, 0.2) is 0 Å². The fourth-order valence-corrected chi connectivity index (χ4v) is 2.57. The lowest BCUT2D eigenvalue weighted by Gasteiger charge is -2.20. The quantitative estimate of drug-likeness (QED) is 0.673. The highest BCUT2D eigenvalue weighted by Crippen LogP contribution is 2.14. The Morgan fingerprint density at radius 1 is 1.29 bits per heavy atom. The lowest BCUT2D eigenvalue weighted by Crippen LogP contribution is -2.30. The summed E-state index contributed by atoms with van der Waals surface area (Å²) in [6.07, 6.45) is 4.94. The van der Waals surface area contributed by atoms with Crippen LogP contribution in [0.1, 0.15) is 45.1 Å². The van der Waals surface area contributed by atoms with Crippen molar-refractivity contribution in [3.05, 3.63) is 29.8 Å². The molecule has 0 amide bonds. The number of hydrogen-bond donors (Lipinski definition) is 1. The van der Waals surface area contributed by atoms with Crippen molar-refractivity contribution in [3.63, 3.8) is 0 Å². The van der Waals surface area contributed by atoms with E-state index in [1.807, 2.05) is 6.07 Å². The van der Waals surface area contributed by atoms with Gasteiger partial charge in [-0.1, -0.05) is 26.0 Å². The predicted octanol–water partition coefficient (Wildman–Crippen LogP) is 3.69. The molecule has 0 spiro atoms. The van der Waals surface area contributed by atoms with E-state index in [1.54, 1.807) is 7.11 Å². The molecule has 0 aliphatic carbocycles. The largest absolute Gasteiger partial charge is 0.497 e. The molecular formula is C18H32N2O. The summed E-state index contributed by atoms with van der Waals surface area (Å²) in [5.74, 6) is 0.940. The smallest absolute Gasteiger partial charge is 0.119 e. The van der Waals surface area contributed by atoms with Crippen LogP contribution in [0, 0.1) is 0 Å². The monoisotopic (exact) mass is 292 g/mol. The summed E-state index contributed by atoms with van der Waals surface area (Å²) in [6, 6.07) is 9.01. The molecule has 0 aromatic heterocycles. The van der Waals surface area contributed by atoms with Gasteiger partial charge in [-0.15, -0.1) is 0 Å². The predicted molar refractivity (Wildman–Crippen MR) is 90.9 cm³/mol. The maximum atomic E-state index is 5.27. The third-order valence-electron chi connectivity index (χ3n) is 3.85. The number of nitrogens with one attached hydrogen (secondary N) is 1. The van der Waals surface area contributed by atoms with Crippen LogP contribution in [0.4, 0.5) is 0 Å². The zero-order valence-electron chi connectivity index (χ0n) is 14.2. The Hall–Kier alpha value is -1.06. The molecule has 3 nitrogen and oxygen atoms in total. The summed E-state index contributed by atoms with van der Waals surface area (Å²) in [6.45, 7) is 7.75. The third kappa shape index (κ3) is 7.49. The Morgan fingerprint density at radius 3 is 2.76 bits per heavy atom. The van der Waals surface area contributed by atoms with Crippen molar-refractivity contribution in [2.45, 2.75) is 52.1 Å². The van der Waals surface area contributed by atoms with Crippen molar-refractivity contribution in [2.24, 2.45) is 0 Å². The van der Waals surface area contributed by atoms with Crippen molar-refractivity contribution >= 4 is 0 Å². The van der Waals surface area contributed by atoms with Gasteiger partial charge in [0.1, 0.15) is 5.75 Å². The molecular weight excluding hydrogens is 260 g/mol. The van der Waals surface area contributed by atoms with Crippen LogP contribution in [0.5, 0.6) is 5.75 Å². The number of rotatable bonds is 11. The van der Waals surface area contributed by atoms with Crippen molar-refractivity contribution < 1.29 is 4.74 Å². The molecule has 0 aliphatic rings.